The highest BCUT2D eigenvalue weighted by Gasteiger charge is 2.12. The number of rotatable bonds is 5. The Balaban J connectivity index is 1.41. The van der Waals surface area contributed by atoms with Crippen LogP contribution in [0, 0.1) is 6.92 Å². The minimum Gasteiger partial charge on any atom is -0.322 e. The number of hydrogen-bond donors (Lipinski definition) is 1. The third-order valence-electron chi connectivity index (χ3n) is 5.30. The van der Waals surface area contributed by atoms with Gasteiger partial charge in [0.2, 0.25) is 0 Å². The summed E-state index contributed by atoms with van der Waals surface area (Å²) in [5, 5.41) is 3.06. The first-order valence-corrected chi connectivity index (χ1v) is 11.2. The van der Waals surface area contributed by atoms with Crippen molar-refractivity contribution in [1.82, 2.24) is 4.90 Å². The molecule has 0 saturated carbocycles. The molecular weight excluding hydrogens is 376 g/mol. The lowest BCUT2D eigenvalue weighted by Crippen LogP contribution is -2.31. The number of benzene rings is 3. The van der Waals surface area contributed by atoms with Crippen LogP contribution in [-0.4, -0.2) is 35.4 Å². The van der Waals surface area contributed by atoms with Crippen LogP contribution >= 0.6 is 11.8 Å². The van der Waals surface area contributed by atoms with Gasteiger partial charge in [0.05, 0.1) is 0 Å². The van der Waals surface area contributed by atoms with Crippen molar-refractivity contribution >= 4 is 23.4 Å². The van der Waals surface area contributed by atoms with Crippen LogP contribution in [-0.2, 0) is 6.54 Å². The summed E-state index contributed by atoms with van der Waals surface area (Å²) in [4.78, 5) is 15.2. The second kappa shape index (κ2) is 9.29. The second-order valence-electron chi connectivity index (χ2n) is 7.44. The molecule has 0 unspecified atom stereocenters. The predicted molar refractivity (Wildman–Crippen MR) is 124 cm³/mol. The van der Waals surface area contributed by atoms with Crippen molar-refractivity contribution in [3.63, 3.8) is 0 Å². The fourth-order valence-electron chi connectivity index (χ4n) is 3.62. The minimum absolute atomic E-state index is 0.0754. The van der Waals surface area contributed by atoms with Gasteiger partial charge in [0, 0.05) is 42.4 Å². The number of carbonyl (C=O) groups excluding carboxylic acids is 1. The molecule has 0 spiro atoms. The fourth-order valence-corrected chi connectivity index (χ4v) is 4.60. The Morgan fingerprint density at radius 1 is 0.931 bits per heavy atom. The van der Waals surface area contributed by atoms with E-state index in [1.807, 2.05) is 60.3 Å². The van der Waals surface area contributed by atoms with Crippen LogP contribution in [0.4, 0.5) is 5.69 Å². The first kappa shape index (κ1) is 19.7. The zero-order valence-electron chi connectivity index (χ0n) is 16.7. The van der Waals surface area contributed by atoms with Gasteiger partial charge in [-0.2, -0.15) is 11.8 Å². The molecule has 0 atom stereocenters. The number of thioether (sulfide) groups is 1. The summed E-state index contributed by atoms with van der Waals surface area (Å²) >= 11 is 2.03. The Bertz CT molecular complexity index is 964. The molecule has 3 aromatic rings. The summed E-state index contributed by atoms with van der Waals surface area (Å²) in [7, 11) is 0. The molecule has 1 N–H and O–H groups in total. The van der Waals surface area contributed by atoms with Gasteiger partial charge in [0.25, 0.3) is 5.91 Å². The third kappa shape index (κ3) is 5.08. The van der Waals surface area contributed by atoms with Gasteiger partial charge < -0.3 is 5.32 Å². The van der Waals surface area contributed by atoms with Crippen molar-refractivity contribution in [3.8, 4) is 11.1 Å². The average molecular weight is 403 g/mol. The van der Waals surface area contributed by atoms with Crippen molar-refractivity contribution < 1.29 is 4.79 Å². The van der Waals surface area contributed by atoms with Crippen LogP contribution in [0.25, 0.3) is 11.1 Å². The molecule has 1 heterocycles. The van der Waals surface area contributed by atoms with Crippen molar-refractivity contribution in [3.05, 3.63) is 89.5 Å². The highest BCUT2D eigenvalue weighted by molar-refractivity contribution is 7.99. The van der Waals surface area contributed by atoms with E-state index in [1.54, 1.807) is 0 Å². The standard InChI is InChI=1S/C25H26N2OS/c1-19-17-20(18-27-13-15-29-16-14-27)7-12-24(19)26-25(28)23-10-8-22(9-11-23)21-5-3-2-4-6-21/h2-12,17H,13-16,18H2,1H3,(H,26,28). The molecule has 148 valence electrons. The maximum Gasteiger partial charge on any atom is 0.255 e. The fraction of sp³-hybridized carbons (Fsp3) is 0.240. The summed E-state index contributed by atoms with van der Waals surface area (Å²) in [5.41, 5.74) is 6.21. The SMILES string of the molecule is Cc1cc(CN2CCSCC2)ccc1NC(=O)c1ccc(-c2ccccc2)cc1. The first-order chi connectivity index (χ1) is 14.2. The van der Waals surface area contributed by atoms with Crippen LogP contribution in [0.2, 0.25) is 0 Å². The van der Waals surface area contributed by atoms with Gasteiger partial charge in [-0.05, 0) is 47.4 Å². The highest BCUT2D eigenvalue weighted by Crippen LogP contribution is 2.22. The number of anilines is 1. The molecule has 0 aromatic heterocycles. The normalized spacial score (nSPS) is 14.5. The van der Waals surface area contributed by atoms with Crippen molar-refractivity contribution in [2.45, 2.75) is 13.5 Å². The Hall–Kier alpha value is -2.56. The number of carbonyl (C=O) groups is 1. The van der Waals surface area contributed by atoms with Crippen LogP contribution in [0.15, 0.2) is 72.8 Å². The molecular formula is C25H26N2OS. The Kier molecular flexibility index (Phi) is 6.33. The maximum absolute atomic E-state index is 12.7. The zero-order chi connectivity index (χ0) is 20.1. The quantitative estimate of drug-likeness (QED) is 0.615. The number of aryl methyl sites for hydroxylation is 1. The van der Waals surface area contributed by atoms with E-state index in [2.05, 4.69) is 41.4 Å². The second-order valence-corrected chi connectivity index (χ2v) is 8.66. The van der Waals surface area contributed by atoms with Crippen LogP contribution in [0.1, 0.15) is 21.5 Å². The molecule has 29 heavy (non-hydrogen) atoms. The summed E-state index contributed by atoms with van der Waals surface area (Å²) < 4.78 is 0. The number of hydrogen-bond acceptors (Lipinski definition) is 3. The molecule has 1 aliphatic rings. The molecule has 1 fully saturated rings. The lowest BCUT2D eigenvalue weighted by molar-refractivity contribution is 0.102. The molecule has 0 radical (unpaired) electrons. The summed E-state index contributed by atoms with van der Waals surface area (Å²) in [6.45, 7) is 5.35. The van der Waals surface area contributed by atoms with E-state index in [-0.39, 0.29) is 5.91 Å². The Morgan fingerprint density at radius 2 is 1.62 bits per heavy atom. The number of nitrogens with zero attached hydrogens (tertiary/aromatic N) is 1. The Labute approximate surface area is 177 Å². The highest BCUT2D eigenvalue weighted by atomic mass is 32.2. The van der Waals surface area contributed by atoms with E-state index in [0.29, 0.717) is 5.56 Å². The van der Waals surface area contributed by atoms with Crippen LogP contribution < -0.4 is 5.32 Å². The van der Waals surface area contributed by atoms with Crippen LogP contribution in [0.5, 0.6) is 0 Å². The van der Waals surface area contributed by atoms with E-state index in [9.17, 15) is 4.79 Å². The maximum atomic E-state index is 12.7. The van der Waals surface area contributed by atoms with E-state index in [1.165, 1.54) is 17.1 Å². The smallest absolute Gasteiger partial charge is 0.255 e. The first-order valence-electron chi connectivity index (χ1n) is 10.1. The summed E-state index contributed by atoms with van der Waals surface area (Å²) in [6.07, 6.45) is 0. The topological polar surface area (TPSA) is 32.3 Å². The van der Waals surface area contributed by atoms with E-state index >= 15 is 0 Å². The lowest BCUT2D eigenvalue weighted by atomic mass is 10.0. The van der Waals surface area contributed by atoms with Crippen LogP contribution in [0.3, 0.4) is 0 Å². The van der Waals surface area contributed by atoms with Gasteiger partial charge in [0.1, 0.15) is 0 Å². The number of nitrogens with one attached hydrogen (secondary N) is 1. The molecule has 1 saturated heterocycles. The molecule has 1 aliphatic heterocycles. The minimum atomic E-state index is -0.0754. The Morgan fingerprint density at radius 3 is 2.31 bits per heavy atom. The third-order valence-corrected chi connectivity index (χ3v) is 6.25. The number of amides is 1. The van der Waals surface area contributed by atoms with E-state index in [0.717, 1.165) is 42.0 Å². The van der Waals surface area contributed by atoms with Gasteiger partial charge in [-0.25, -0.2) is 0 Å². The molecule has 3 aromatic carbocycles. The average Bonchev–Trinajstić information content (AvgIpc) is 2.77. The zero-order valence-corrected chi connectivity index (χ0v) is 17.5. The van der Waals surface area contributed by atoms with Crippen molar-refractivity contribution in [2.75, 3.05) is 29.9 Å². The van der Waals surface area contributed by atoms with E-state index < -0.39 is 0 Å². The van der Waals surface area contributed by atoms with Gasteiger partial charge in [-0.3, -0.25) is 9.69 Å². The molecule has 4 rings (SSSR count). The van der Waals surface area contributed by atoms with Gasteiger partial charge >= 0.3 is 0 Å². The molecule has 1 amide bonds. The molecule has 0 aliphatic carbocycles. The molecule has 4 heteroatoms. The van der Waals surface area contributed by atoms with Gasteiger partial charge in [-0.15, -0.1) is 0 Å². The molecule has 3 nitrogen and oxygen atoms in total. The predicted octanol–water partition coefficient (Wildman–Crippen LogP) is 5.46. The monoisotopic (exact) mass is 402 g/mol. The summed E-state index contributed by atoms with van der Waals surface area (Å²) in [6, 6.07) is 24.3. The van der Waals surface area contributed by atoms with E-state index in [4.69, 9.17) is 0 Å². The van der Waals surface area contributed by atoms with Crippen molar-refractivity contribution in [2.24, 2.45) is 0 Å². The van der Waals surface area contributed by atoms with Crippen molar-refractivity contribution in [1.29, 1.82) is 0 Å². The largest absolute Gasteiger partial charge is 0.322 e. The lowest BCUT2D eigenvalue weighted by Gasteiger charge is -2.26. The molecule has 0 bridgehead atoms. The van der Waals surface area contributed by atoms with Gasteiger partial charge in [0.15, 0.2) is 0 Å². The summed E-state index contributed by atoms with van der Waals surface area (Å²) in [5.74, 6) is 2.36. The van der Waals surface area contributed by atoms with Gasteiger partial charge in [-0.1, -0.05) is 54.6 Å².